The molecule has 16 heavy (non-hydrogen) atoms. The van der Waals surface area contributed by atoms with E-state index < -0.39 is 5.97 Å². The van der Waals surface area contributed by atoms with Crippen LogP contribution in [0.3, 0.4) is 0 Å². The van der Waals surface area contributed by atoms with E-state index in [1.807, 2.05) is 18.2 Å². The van der Waals surface area contributed by atoms with E-state index in [2.05, 4.69) is 6.58 Å². The third kappa shape index (κ3) is 1.84. The van der Waals surface area contributed by atoms with Gasteiger partial charge in [0.1, 0.15) is 5.58 Å². The first-order valence-electron chi connectivity index (χ1n) is 5.06. The van der Waals surface area contributed by atoms with Gasteiger partial charge in [0, 0.05) is 5.39 Å². The largest absolute Gasteiger partial charge is 0.464 e. The number of esters is 1. The van der Waals surface area contributed by atoms with Crippen molar-refractivity contribution in [2.75, 3.05) is 6.61 Å². The third-order valence-electron chi connectivity index (χ3n) is 2.33. The van der Waals surface area contributed by atoms with E-state index in [4.69, 9.17) is 9.15 Å². The van der Waals surface area contributed by atoms with Crippen molar-refractivity contribution in [1.29, 1.82) is 0 Å². The number of furan rings is 1. The zero-order chi connectivity index (χ0) is 11.5. The van der Waals surface area contributed by atoms with Gasteiger partial charge < -0.3 is 9.15 Å². The van der Waals surface area contributed by atoms with Crippen molar-refractivity contribution in [2.24, 2.45) is 0 Å². The molecule has 0 bridgehead atoms. The number of carbonyl (C=O) groups is 1. The molecule has 0 aliphatic heterocycles. The first-order valence-corrected chi connectivity index (χ1v) is 5.06. The normalized spacial score (nSPS) is 10.3. The molecule has 3 nitrogen and oxygen atoms in total. The zero-order valence-electron chi connectivity index (χ0n) is 9.03. The highest BCUT2D eigenvalue weighted by molar-refractivity contribution is 6.16. The number of hydrogen-bond donors (Lipinski definition) is 0. The van der Waals surface area contributed by atoms with Gasteiger partial charge in [-0.1, -0.05) is 18.7 Å². The molecule has 2 aromatic rings. The van der Waals surface area contributed by atoms with Gasteiger partial charge in [-0.2, -0.15) is 0 Å². The van der Waals surface area contributed by atoms with Gasteiger partial charge in [0.05, 0.1) is 18.4 Å². The summed E-state index contributed by atoms with van der Waals surface area (Å²) in [5.41, 5.74) is 1.81. The van der Waals surface area contributed by atoms with Crippen LogP contribution in [-0.2, 0) is 9.53 Å². The minimum atomic E-state index is -0.395. The van der Waals surface area contributed by atoms with Crippen molar-refractivity contribution in [1.82, 2.24) is 0 Å². The molecule has 0 spiro atoms. The molecule has 0 radical (unpaired) electrons. The fraction of sp³-hybridized carbons (Fsp3) is 0.154. The van der Waals surface area contributed by atoms with E-state index in [0.29, 0.717) is 12.2 Å². The van der Waals surface area contributed by atoms with Crippen molar-refractivity contribution in [3.63, 3.8) is 0 Å². The molecule has 1 heterocycles. The minimum absolute atomic E-state index is 0.347. The van der Waals surface area contributed by atoms with Crippen LogP contribution in [0, 0.1) is 0 Å². The number of fused-ring (bicyclic) bond motifs is 1. The van der Waals surface area contributed by atoms with Crippen molar-refractivity contribution in [2.45, 2.75) is 6.92 Å². The predicted octanol–water partition coefficient (Wildman–Crippen LogP) is 3.01. The number of rotatable bonds is 3. The quantitative estimate of drug-likeness (QED) is 0.584. The standard InChI is InChI=1S/C13H12O3/c1-3-15-13(14)9(2)11-5-4-10-6-7-16-12(10)8-11/h4-8H,2-3H2,1H3. The molecule has 3 heteroatoms. The average molecular weight is 216 g/mol. The van der Waals surface area contributed by atoms with E-state index in [-0.39, 0.29) is 0 Å². The molecule has 82 valence electrons. The molecule has 0 amide bonds. The highest BCUT2D eigenvalue weighted by Crippen LogP contribution is 2.21. The van der Waals surface area contributed by atoms with Gasteiger partial charge >= 0.3 is 5.97 Å². The van der Waals surface area contributed by atoms with Gasteiger partial charge in [0.25, 0.3) is 0 Å². The maximum atomic E-state index is 11.5. The summed E-state index contributed by atoms with van der Waals surface area (Å²) in [6.45, 7) is 5.83. The maximum absolute atomic E-state index is 11.5. The lowest BCUT2D eigenvalue weighted by molar-refractivity contribution is -0.136. The third-order valence-corrected chi connectivity index (χ3v) is 2.33. The molecule has 0 unspecified atom stereocenters. The topological polar surface area (TPSA) is 39.4 Å². The summed E-state index contributed by atoms with van der Waals surface area (Å²) in [6.07, 6.45) is 1.61. The lowest BCUT2D eigenvalue weighted by atomic mass is 10.1. The van der Waals surface area contributed by atoms with Gasteiger partial charge in [0.15, 0.2) is 0 Å². The number of ether oxygens (including phenoxy) is 1. The highest BCUT2D eigenvalue weighted by Gasteiger charge is 2.11. The monoisotopic (exact) mass is 216 g/mol. The molecule has 1 aromatic heterocycles. The molecular formula is C13H12O3. The number of hydrogen-bond acceptors (Lipinski definition) is 3. The Bertz CT molecular complexity index is 537. The second kappa shape index (κ2) is 4.23. The zero-order valence-corrected chi connectivity index (χ0v) is 9.03. The van der Waals surface area contributed by atoms with Gasteiger partial charge in [-0.15, -0.1) is 0 Å². The van der Waals surface area contributed by atoms with Crippen LogP contribution in [0.2, 0.25) is 0 Å². The van der Waals surface area contributed by atoms with Crippen molar-refractivity contribution in [3.05, 3.63) is 42.7 Å². The molecule has 1 aromatic carbocycles. The summed E-state index contributed by atoms with van der Waals surface area (Å²) in [6, 6.07) is 7.37. The average Bonchev–Trinajstić information content (AvgIpc) is 2.75. The second-order valence-electron chi connectivity index (χ2n) is 3.37. The summed E-state index contributed by atoms with van der Waals surface area (Å²) in [5.74, 6) is -0.395. The van der Waals surface area contributed by atoms with Gasteiger partial charge in [-0.25, -0.2) is 4.79 Å². The second-order valence-corrected chi connectivity index (χ2v) is 3.37. The minimum Gasteiger partial charge on any atom is -0.464 e. The molecule has 2 rings (SSSR count). The SMILES string of the molecule is C=C(C(=O)OCC)c1ccc2ccoc2c1. The van der Waals surface area contributed by atoms with Crippen LogP contribution in [0.15, 0.2) is 41.5 Å². The van der Waals surface area contributed by atoms with Gasteiger partial charge in [-0.05, 0) is 24.6 Å². The van der Waals surface area contributed by atoms with Crippen LogP contribution in [0.25, 0.3) is 16.5 Å². The first kappa shape index (κ1) is 10.5. The first-order chi connectivity index (χ1) is 7.72. The van der Waals surface area contributed by atoms with Crippen LogP contribution in [0.5, 0.6) is 0 Å². The van der Waals surface area contributed by atoms with Crippen LogP contribution < -0.4 is 0 Å². The molecule has 0 aliphatic rings. The summed E-state index contributed by atoms with van der Waals surface area (Å²) in [4.78, 5) is 11.5. The number of benzene rings is 1. The summed E-state index contributed by atoms with van der Waals surface area (Å²) < 4.78 is 10.1. The Kier molecular flexibility index (Phi) is 2.77. The van der Waals surface area contributed by atoms with E-state index in [1.165, 1.54) is 0 Å². The molecule has 0 saturated heterocycles. The van der Waals surface area contributed by atoms with Crippen LogP contribution in [0.4, 0.5) is 0 Å². The predicted molar refractivity (Wildman–Crippen MR) is 61.9 cm³/mol. The summed E-state index contributed by atoms with van der Waals surface area (Å²) in [7, 11) is 0. The van der Waals surface area contributed by atoms with Crippen molar-refractivity contribution >= 4 is 22.5 Å². The van der Waals surface area contributed by atoms with E-state index in [0.717, 1.165) is 16.5 Å². The van der Waals surface area contributed by atoms with Crippen molar-refractivity contribution in [3.8, 4) is 0 Å². The Morgan fingerprint density at radius 1 is 1.44 bits per heavy atom. The molecular weight excluding hydrogens is 204 g/mol. The van der Waals surface area contributed by atoms with Crippen LogP contribution in [0.1, 0.15) is 12.5 Å². The molecule has 0 saturated carbocycles. The fourth-order valence-electron chi connectivity index (χ4n) is 1.48. The summed E-state index contributed by atoms with van der Waals surface area (Å²) >= 11 is 0. The Hall–Kier alpha value is -2.03. The van der Waals surface area contributed by atoms with E-state index in [9.17, 15) is 4.79 Å². The number of carbonyl (C=O) groups excluding carboxylic acids is 1. The lowest BCUT2D eigenvalue weighted by Crippen LogP contribution is -2.05. The Balaban J connectivity index is 2.32. The lowest BCUT2D eigenvalue weighted by Gasteiger charge is -2.04. The molecule has 0 aliphatic carbocycles. The van der Waals surface area contributed by atoms with Gasteiger partial charge in [-0.3, -0.25) is 0 Å². The Labute approximate surface area is 93.3 Å². The molecule has 0 atom stereocenters. The maximum Gasteiger partial charge on any atom is 0.338 e. The van der Waals surface area contributed by atoms with Crippen LogP contribution >= 0.6 is 0 Å². The van der Waals surface area contributed by atoms with Crippen LogP contribution in [-0.4, -0.2) is 12.6 Å². The smallest absolute Gasteiger partial charge is 0.338 e. The summed E-state index contributed by atoms with van der Waals surface area (Å²) in [5, 5.41) is 1.00. The molecule has 0 N–H and O–H groups in total. The van der Waals surface area contributed by atoms with Gasteiger partial charge in [0.2, 0.25) is 0 Å². The van der Waals surface area contributed by atoms with Crippen molar-refractivity contribution < 1.29 is 13.9 Å². The fourth-order valence-corrected chi connectivity index (χ4v) is 1.48. The molecule has 0 fully saturated rings. The van der Waals surface area contributed by atoms with E-state index >= 15 is 0 Å². The Morgan fingerprint density at radius 3 is 3.00 bits per heavy atom. The van der Waals surface area contributed by atoms with E-state index in [1.54, 1.807) is 19.3 Å². The Morgan fingerprint density at radius 2 is 2.25 bits per heavy atom. The highest BCUT2D eigenvalue weighted by atomic mass is 16.5.